The van der Waals surface area contributed by atoms with Crippen molar-refractivity contribution in [2.75, 3.05) is 5.75 Å². The number of aryl methyl sites for hydroxylation is 1. The van der Waals surface area contributed by atoms with Crippen LogP contribution in [0.15, 0.2) is 40.7 Å². The molecule has 1 aliphatic rings. The van der Waals surface area contributed by atoms with E-state index in [9.17, 15) is 9.59 Å². The molecule has 0 saturated carbocycles. The maximum Gasteiger partial charge on any atom is 0.257 e. The van der Waals surface area contributed by atoms with Crippen LogP contribution in [0.4, 0.5) is 0 Å². The van der Waals surface area contributed by atoms with Crippen molar-refractivity contribution >= 4 is 17.7 Å². The van der Waals surface area contributed by atoms with Crippen molar-refractivity contribution < 1.29 is 4.79 Å². The summed E-state index contributed by atoms with van der Waals surface area (Å²) in [6.45, 7) is 2.59. The van der Waals surface area contributed by atoms with Gasteiger partial charge >= 0.3 is 0 Å². The number of nitrogens with zero attached hydrogens (tertiary/aromatic N) is 3. The molecule has 3 heterocycles. The number of fused-ring (bicyclic) bond motifs is 1. The van der Waals surface area contributed by atoms with Crippen molar-refractivity contribution in [3.63, 3.8) is 0 Å². The molecule has 0 radical (unpaired) electrons. The lowest BCUT2D eigenvalue weighted by atomic mass is 10.1. The summed E-state index contributed by atoms with van der Waals surface area (Å²) in [5, 5.41) is 3.61. The Bertz CT molecular complexity index is 745. The van der Waals surface area contributed by atoms with Crippen LogP contribution in [0.1, 0.15) is 11.1 Å². The number of hydrogen-bond acceptors (Lipinski definition) is 5. The van der Waals surface area contributed by atoms with Crippen molar-refractivity contribution in [1.82, 2.24) is 19.9 Å². The van der Waals surface area contributed by atoms with Gasteiger partial charge in [-0.25, -0.2) is 4.98 Å². The quantitative estimate of drug-likeness (QED) is 0.854. The first-order valence-electron chi connectivity index (χ1n) is 7.01. The molecular weight excluding hydrogens is 300 g/mol. The molecule has 2 aromatic rings. The third kappa shape index (κ3) is 3.04. The Labute approximate surface area is 132 Å². The fraction of sp³-hybridized carbons (Fsp3) is 0.333. The van der Waals surface area contributed by atoms with Gasteiger partial charge in [-0.1, -0.05) is 11.8 Å². The second-order valence-corrected chi connectivity index (χ2v) is 6.21. The van der Waals surface area contributed by atoms with E-state index in [1.54, 1.807) is 30.1 Å². The Morgan fingerprint density at radius 1 is 1.45 bits per heavy atom. The molecule has 114 valence electrons. The molecule has 0 spiro atoms. The van der Waals surface area contributed by atoms with Crippen LogP contribution in [0.5, 0.6) is 0 Å². The monoisotopic (exact) mass is 316 g/mol. The lowest BCUT2D eigenvalue weighted by molar-refractivity contribution is -0.125. The number of hydrogen-bond donors (Lipinski definition) is 1. The number of nitrogens with one attached hydrogen (secondary N) is 1. The van der Waals surface area contributed by atoms with Gasteiger partial charge in [-0.15, -0.1) is 0 Å². The van der Waals surface area contributed by atoms with Gasteiger partial charge in [0.25, 0.3) is 5.56 Å². The summed E-state index contributed by atoms with van der Waals surface area (Å²) in [6, 6.07) is 3.73. The van der Waals surface area contributed by atoms with Crippen LogP contribution in [-0.4, -0.2) is 26.2 Å². The summed E-state index contributed by atoms with van der Waals surface area (Å²) in [7, 11) is 0. The van der Waals surface area contributed by atoms with Gasteiger partial charge in [0, 0.05) is 43.0 Å². The van der Waals surface area contributed by atoms with Gasteiger partial charge in [0.05, 0.1) is 5.92 Å². The zero-order valence-electron chi connectivity index (χ0n) is 12.2. The molecular formula is C15H16N4O2S. The molecule has 22 heavy (non-hydrogen) atoms. The van der Waals surface area contributed by atoms with Gasteiger partial charge in [0.2, 0.25) is 5.91 Å². The lowest BCUT2D eigenvalue weighted by Gasteiger charge is -2.24. The average molecular weight is 316 g/mol. The second kappa shape index (κ2) is 6.31. The summed E-state index contributed by atoms with van der Waals surface area (Å²) >= 11 is 1.45. The minimum absolute atomic E-state index is 0.0385. The van der Waals surface area contributed by atoms with Gasteiger partial charge in [0.15, 0.2) is 5.16 Å². The van der Waals surface area contributed by atoms with E-state index in [1.807, 2.05) is 12.1 Å². The number of thioether (sulfide) groups is 1. The molecule has 0 aromatic carbocycles. The van der Waals surface area contributed by atoms with Crippen LogP contribution in [-0.2, 0) is 17.9 Å². The van der Waals surface area contributed by atoms with E-state index in [1.165, 1.54) is 11.8 Å². The number of carbonyl (C=O) groups is 1. The van der Waals surface area contributed by atoms with Crippen LogP contribution < -0.4 is 10.9 Å². The number of rotatable bonds is 3. The third-order valence-electron chi connectivity index (χ3n) is 3.59. The van der Waals surface area contributed by atoms with Crippen molar-refractivity contribution in [2.24, 2.45) is 5.92 Å². The second-order valence-electron chi connectivity index (χ2n) is 5.22. The molecule has 6 nitrogen and oxygen atoms in total. The van der Waals surface area contributed by atoms with Crippen molar-refractivity contribution in [2.45, 2.75) is 25.2 Å². The van der Waals surface area contributed by atoms with Crippen LogP contribution in [0.3, 0.4) is 0 Å². The van der Waals surface area contributed by atoms with Gasteiger partial charge < -0.3 is 5.32 Å². The molecule has 2 aromatic heterocycles. The Balaban J connectivity index is 1.68. The van der Waals surface area contributed by atoms with Gasteiger partial charge in [-0.05, 0) is 24.6 Å². The topological polar surface area (TPSA) is 76.9 Å². The fourth-order valence-electron chi connectivity index (χ4n) is 2.29. The molecule has 0 saturated heterocycles. The van der Waals surface area contributed by atoms with Gasteiger partial charge in [0.1, 0.15) is 0 Å². The maximum absolute atomic E-state index is 12.3. The van der Waals surface area contributed by atoms with E-state index < -0.39 is 0 Å². The van der Waals surface area contributed by atoms with E-state index in [0.29, 0.717) is 29.6 Å². The standard InChI is InChI=1S/C15H16N4O2S/c1-10-6-18-15-19(14(10)21)8-12(9-22-15)13(20)17-7-11-2-4-16-5-3-11/h2-6,12H,7-9H2,1H3,(H,17,20). The predicted molar refractivity (Wildman–Crippen MR) is 83.5 cm³/mol. The van der Waals surface area contributed by atoms with Crippen molar-refractivity contribution in [3.8, 4) is 0 Å². The highest BCUT2D eigenvalue weighted by atomic mass is 32.2. The Morgan fingerprint density at radius 3 is 3.00 bits per heavy atom. The van der Waals surface area contributed by atoms with Crippen LogP contribution >= 0.6 is 11.8 Å². The van der Waals surface area contributed by atoms with E-state index in [4.69, 9.17) is 0 Å². The zero-order chi connectivity index (χ0) is 15.5. The fourth-order valence-corrected chi connectivity index (χ4v) is 3.34. The summed E-state index contributed by atoms with van der Waals surface area (Å²) in [6.07, 6.45) is 4.98. The van der Waals surface area contributed by atoms with Crippen LogP contribution in [0, 0.1) is 12.8 Å². The molecule has 1 N–H and O–H groups in total. The number of aromatic nitrogens is 3. The van der Waals surface area contributed by atoms with Crippen LogP contribution in [0.25, 0.3) is 0 Å². The van der Waals surface area contributed by atoms with E-state index in [2.05, 4.69) is 15.3 Å². The normalized spacial score (nSPS) is 16.9. The van der Waals surface area contributed by atoms with E-state index >= 15 is 0 Å². The molecule has 1 aliphatic heterocycles. The summed E-state index contributed by atoms with van der Waals surface area (Å²) in [5.74, 6) is 0.376. The third-order valence-corrected chi connectivity index (χ3v) is 4.74. The Hall–Kier alpha value is -2.15. The number of pyridine rings is 1. The largest absolute Gasteiger partial charge is 0.352 e. The smallest absolute Gasteiger partial charge is 0.257 e. The van der Waals surface area contributed by atoms with Crippen LogP contribution in [0.2, 0.25) is 0 Å². The Morgan fingerprint density at radius 2 is 2.23 bits per heavy atom. The first-order chi connectivity index (χ1) is 10.6. The Kier molecular flexibility index (Phi) is 4.24. The summed E-state index contributed by atoms with van der Waals surface area (Å²) < 4.78 is 1.60. The molecule has 0 bridgehead atoms. The molecule has 1 atom stereocenters. The number of carbonyl (C=O) groups excluding carboxylic acids is 1. The zero-order valence-corrected chi connectivity index (χ0v) is 13.0. The lowest BCUT2D eigenvalue weighted by Crippen LogP contribution is -2.40. The average Bonchev–Trinajstić information content (AvgIpc) is 2.57. The van der Waals surface area contributed by atoms with Crippen molar-refractivity contribution in [3.05, 3.63) is 52.2 Å². The first-order valence-corrected chi connectivity index (χ1v) is 7.99. The molecule has 7 heteroatoms. The van der Waals surface area contributed by atoms with Crippen molar-refractivity contribution in [1.29, 1.82) is 0 Å². The molecule has 3 rings (SSSR count). The minimum Gasteiger partial charge on any atom is -0.352 e. The summed E-state index contributed by atoms with van der Waals surface area (Å²) in [4.78, 5) is 32.6. The highest BCUT2D eigenvalue weighted by Crippen LogP contribution is 2.24. The first kappa shape index (κ1) is 14.8. The molecule has 0 aliphatic carbocycles. The highest BCUT2D eigenvalue weighted by Gasteiger charge is 2.26. The van der Waals surface area contributed by atoms with Gasteiger partial charge in [-0.3, -0.25) is 19.1 Å². The molecule has 1 unspecified atom stereocenters. The maximum atomic E-state index is 12.3. The highest BCUT2D eigenvalue weighted by molar-refractivity contribution is 7.99. The SMILES string of the molecule is Cc1cnc2n(c1=O)CC(C(=O)NCc1ccncc1)CS2. The van der Waals surface area contributed by atoms with Gasteiger partial charge in [-0.2, -0.15) is 0 Å². The molecule has 0 fully saturated rings. The molecule has 1 amide bonds. The van der Waals surface area contributed by atoms with E-state index in [0.717, 1.165) is 5.56 Å². The summed E-state index contributed by atoms with van der Waals surface area (Å²) in [5.41, 5.74) is 1.54. The number of amides is 1. The predicted octanol–water partition coefficient (Wildman–Crippen LogP) is 0.985. The van der Waals surface area contributed by atoms with E-state index in [-0.39, 0.29) is 17.4 Å². The minimum atomic E-state index is -0.222.